The summed E-state index contributed by atoms with van der Waals surface area (Å²) in [5.74, 6) is -0.733. The molecule has 0 bridgehead atoms. The summed E-state index contributed by atoms with van der Waals surface area (Å²) in [5.41, 5.74) is 0.946. The predicted molar refractivity (Wildman–Crippen MR) is 84.8 cm³/mol. The molecule has 4 rings (SSSR count). The summed E-state index contributed by atoms with van der Waals surface area (Å²) in [5, 5.41) is 1.50. The molecule has 2 amide bonds. The van der Waals surface area contributed by atoms with Crippen molar-refractivity contribution >= 4 is 44.5 Å². The van der Waals surface area contributed by atoms with Gasteiger partial charge >= 0.3 is 0 Å². The number of imide groups is 1. The predicted octanol–water partition coefficient (Wildman–Crippen LogP) is 3.19. The van der Waals surface area contributed by atoms with Crippen LogP contribution >= 0.6 is 15.9 Å². The minimum atomic E-state index is -0.410. The zero-order valence-electron chi connectivity index (χ0n) is 11.2. The molecule has 0 saturated heterocycles. The summed E-state index contributed by atoms with van der Waals surface area (Å²) in [6.07, 6.45) is 3.00. The van der Waals surface area contributed by atoms with E-state index in [1.807, 2.05) is 6.07 Å². The molecular formula is C16H8BrN3O2. The van der Waals surface area contributed by atoms with Gasteiger partial charge in [0.1, 0.15) is 0 Å². The minimum absolute atomic E-state index is 0.0862. The monoisotopic (exact) mass is 353 g/mol. The normalized spacial score (nSPS) is 13.8. The van der Waals surface area contributed by atoms with Crippen LogP contribution in [0.15, 0.2) is 53.3 Å². The van der Waals surface area contributed by atoms with Crippen molar-refractivity contribution in [1.82, 2.24) is 9.97 Å². The van der Waals surface area contributed by atoms with E-state index in [4.69, 9.17) is 0 Å². The Morgan fingerprint density at radius 1 is 0.864 bits per heavy atom. The van der Waals surface area contributed by atoms with E-state index in [9.17, 15) is 9.59 Å². The maximum atomic E-state index is 12.7. The summed E-state index contributed by atoms with van der Waals surface area (Å²) in [6, 6.07) is 10.5. The van der Waals surface area contributed by atoms with E-state index in [2.05, 4.69) is 25.9 Å². The van der Waals surface area contributed by atoms with Gasteiger partial charge in [-0.3, -0.25) is 9.59 Å². The summed E-state index contributed by atoms with van der Waals surface area (Å²) >= 11 is 3.46. The third kappa shape index (κ3) is 1.70. The third-order valence-corrected chi connectivity index (χ3v) is 4.30. The molecule has 106 valence electrons. The highest BCUT2D eigenvalue weighted by Gasteiger charge is 2.35. The van der Waals surface area contributed by atoms with E-state index >= 15 is 0 Å². The number of nitrogens with zero attached hydrogens (tertiary/aromatic N) is 3. The zero-order chi connectivity index (χ0) is 15.3. The van der Waals surface area contributed by atoms with Crippen molar-refractivity contribution in [1.29, 1.82) is 0 Å². The van der Waals surface area contributed by atoms with Crippen molar-refractivity contribution in [3.63, 3.8) is 0 Å². The van der Waals surface area contributed by atoms with Crippen LogP contribution in [-0.2, 0) is 0 Å². The first kappa shape index (κ1) is 13.1. The second kappa shape index (κ2) is 4.71. The Kier molecular flexibility index (Phi) is 2.80. The maximum Gasteiger partial charge on any atom is 0.268 e. The number of carbonyl (C=O) groups excluding carboxylic acids is 2. The summed E-state index contributed by atoms with van der Waals surface area (Å²) in [7, 11) is 0. The van der Waals surface area contributed by atoms with Gasteiger partial charge in [-0.2, -0.15) is 0 Å². The molecule has 0 aliphatic carbocycles. The lowest BCUT2D eigenvalue weighted by molar-refractivity contribution is 0.0891. The van der Waals surface area contributed by atoms with Crippen LogP contribution in [0.25, 0.3) is 10.8 Å². The quantitative estimate of drug-likeness (QED) is 0.630. The Morgan fingerprint density at radius 2 is 1.55 bits per heavy atom. The van der Waals surface area contributed by atoms with E-state index < -0.39 is 11.8 Å². The van der Waals surface area contributed by atoms with Crippen molar-refractivity contribution in [3.05, 3.63) is 64.4 Å². The van der Waals surface area contributed by atoms with Gasteiger partial charge in [-0.25, -0.2) is 14.9 Å². The molecule has 6 heteroatoms. The molecule has 2 heterocycles. The third-order valence-electron chi connectivity index (χ3n) is 3.61. The van der Waals surface area contributed by atoms with E-state index in [0.29, 0.717) is 16.5 Å². The van der Waals surface area contributed by atoms with Crippen molar-refractivity contribution in [2.45, 2.75) is 0 Å². The zero-order valence-corrected chi connectivity index (χ0v) is 12.7. The first-order valence-electron chi connectivity index (χ1n) is 6.55. The molecule has 0 spiro atoms. The van der Waals surface area contributed by atoms with Gasteiger partial charge in [-0.05, 0) is 29.7 Å². The van der Waals surface area contributed by atoms with E-state index in [0.717, 1.165) is 14.8 Å². The molecule has 0 fully saturated rings. The van der Waals surface area contributed by atoms with Gasteiger partial charge in [0.15, 0.2) is 0 Å². The van der Waals surface area contributed by atoms with Crippen LogP contribution in [-0.4, -0.2) is 21.8 Å². The molecule has 1 aliphatic heterocycles. The van der Waals surface area contributed by atoms with Gasteiger partial charge in [-0.1, -0.05) is 28.1 Å². The fraction of sp³-hybridized carbons (Fsp3) is 0. The molecule has 5 nitrogen and oxygen atoms in total. The molecule has 0 N–H and O–H groups in total. The molecule has 1 aliphatic rings. The number of halogens is 1. The molecule has 3 aromatic rings. The Labute approximate surface area is 133 Å². The molecule has 0 atom stereocenters. The first-order valence-corrected chi connectivity index (χ1v) is 7.35. The van der Waals surface area contributed by atoms with Crippen molar-refractivity contribution < 1.29 is 9.59 Å². The maximum absolute atomic E-state index is 12.7. The van der Waals surface area contributed by atoms with Crippen LogP contribution in [0.2, 0.25) is 0 Å². The highest BCUT2D eigenvalue weighted by Crippen LogP contribution is 2.35. The molecule has 0 unspecified atom stereocenters. The average molecular weight is 354 g/mol. The Balaban J connectivity index is 2.03. The van der Waals surface area contributed by atoms with E-state index in [-0.39, 0.29) is 5.95 Å². The Morgan fingerprint density at radius 3 is 2.27 bits per heavy atom. The second-order valence-electron chi connectivity index (χ2n) is 4.82. The topological polar surface area (TPSA) is 63.2 Å². The number of benzene rings is 2. The molecule has 0 saturated carbocycles. The van der Waals surface area contributed by atoms with Gasteiger partial charge in [0.05, 0.1) is 0 Å². The Hall–Kier alpha value is -2.60. The SMILES string of the molecule is O=C1c2cccc3c(Br)ccc(c23)C(=O)N1c1ncccn1. The lowest BCUT2D eigenvalue weighted by Crippen LogP contribution is -2.41. The first-order chi connectivity index (χ1) is 10.7. The number of hydrogen-bond acceptors (Lipinski definition) is 4. The van der Waals surface area contributed by atoms with Crippen LogP contribution in [0.3, 0.4) is 0 Å². The highest BCUT2D eigenvalue weighted by molar-refractivity contribution is 9.10. The highest BCUT2D eigenvalue weighted by atomic mass is 79.9. The number of hydrogen-bond donors (Lipinski definition) is 0. The van der Waals surface area contributed by atoms with E-state index in [1.165, 1.54) is 12.4 Å². The minimum Gasteiger partial charge on any atom is -0.268 e. The number of rotatable bonds is 1. The number of carbonyl (C=O) groups is 2. The number of aromatic nitrogens is 2. The molecule has 0 radical (unpaired) electrons. The van der Waals surface area contributed by atoms with Gasteiger partial charge < -0.3 is 0 Å². The molecule has 2 aromatic carbocycles. The smallest absolute Gasteiger partial charge is 0.268 e. The van der Waals surface area contributed by atoms with Crippen LogP contribution in [0.4, 0.5) is 5.95 Å². The lowest BCUT2D eigenvalue weighted by atomic mass is 9.94. The van der Waals surface area contributed by atoms with Crippen LogP contribution in [0.5, 0.6) is 0 Å². The molecule has 1 aromatic heterocycles. The summed E-state index contributed by atoms with van der Waals surface area (Å²) < 4.78 is 0.845. The summed E-state index contributed by atoms with van der Waals surface area (Å²) in [4.78, 5) is 34.5. The molecular weight excluding hydrogens is 346 g/mol. The lowest BCUT2D eigenvalue weighted by Gasteiger charge is -2.25. The van der Waals surface area contributed by atoms with Gasteiger partial charge in [-0.15, -0.1) is 0 Å². The number of anilines is 1. The fourth-order valence-electron chi connectivity index (χ4n) is 2.65. The van der Waals surface area contributed by atoms with Crippen LogP contribution < -0.4 is 4.90 Å². The molecule has 22 heavy (non-hydrogen) atoms. The van der Waals surface area contributed by atoms with Gasteiger partial charge in [0, 0.05) is 33.4 Å². The van der Waals surface area contributed by atoms with Crippen LogP contribution in [0, 0.1) is 0 Å². The Bertz CT molecular complexity index is 919. The van der Waals surface area contributed by atoms with Crippen molar-refractivity contribution in [2.24, 2.45) is 0 Å². The second-order valence-corrected chi connectivity index (χ2v) is 5.67. The fourth-order valence-corrected chi connectivity index (χ4v) is 3.11. The largest absolute Gasteiger partial charge is 0.268 e. The summed E-state index contributed by atoms with van der Waals surface area (Å²) in [6.45, 7) is 0. The van der Waals surface area contributed by atoms with Gasteiger partial charge in [0.2, 0.25) is 5.95 Å². The number of amides is 2. The average Bonchev–Trinajstić information content (AvgIpc) is 2.55. The van der Waals surface area contributed by atoms with Crippen LogP contribution in [0.1, 0.15) is 20.7 Å². The van der Waals surface area contributed by atoms with Crippen molar-refractivity contribution in [2.75, 3.05) is 4.90 Å². The van der Waals surface area contributed by atoms with Gasteiger partial charge in [0.25, 0.3) is 11.8 Å². The van der Waals surface area contributed by atoms with E-state index in [1.54, 1.807) is 30.3 Å². The van der Waals surface area contributed by atoms with Crippen molar-refractivity contribution in [3.8, 4) is 0 Å². The standard InChI is InChI=1S/C16H8BrN3O2/c17-12-6-5-11-13-9(12)3-1-4-10(13)14(21)20(15(11)22)16-18-7-2-8-19-16/h1-8H.